The fraction of sp³-hybridized carbons (Fsp3) is 0.312. The molecule has 0 amide bonds. The molecular weight excluding hydrogens is 252 g/mol. The third kappa shape index (κ3) is 5.18. The molecule has 20 heavy (non-hydrogen) atoms. The first-order valence-electron chi connectivity index (χ1n) is 6.80. The van der Waals surface area contributed by atoms with Gasteiger partial charge in [-0.2, -0.15) is 0 Å². The molecule has 0 fully saturated rings. The lowest BCUT2D eigenvalue weighted by atomic mass is 10.2. The summed E-state index contributed by atoms with van der Waals surface area (Å²) in [4.78, 5) is 20.0. The first-order valence-corrected chi connectivity index (χ1v) is 6.80. The zero-order valence-electron chi connectivity index (χ0n) is 11.4. The minimum atomic E-state index is -0.170. The number of ether oxygens (including phenoxy) is 1. The minimum Gasteiger partial charge on any atom is -0.466 e. The summed E-state index contributed by atoms with van der Waals surface area (Å²) in [5, 5.41) is 0. The average Bonchev–Trinajstić information content (AvgIpc) is 2.52. The number of hydrogen-bond donors (Lipinski definition) is 0. The summed E-state index contributed by atoms with van der Waals surface area (Å²) in [5.41, 5.74) is 1.94. The lowest BCUT2D eigenvalue weighted by molar-refractivity contribution is -0.143. The van der Waals surface area contributed by atoms with E-state index < -0.39 is 0 Å². The molecule has 0 aliphatic carbocycles. The van der Waals surface area contributed by atoms with Crippen molar-refractivity contribution < 1.29 is 9.53 Å². The number of nitrogens with zero attached hydrogens (tertiary/aromatic N) is 2. The first kappa shape index (κ1) is 14.2. The lowest BCUT2D eigenvalue weighted by Crippen LogP contribution is -2.08. The Morgan fingerprint density at radius 2 is 1.60 bits per heavy atom. The summed E-state index contributed by atoms with van der Waals surface area (Å²) >= 11 is 0. The Kier molecular flexibility index (Phi) is 5.71. The molecule has 2 heterocycles. The normalized spacial score (nSPS) is 10.2. The number of carbonyl (C=O) groups excluding carboxylic acids is 1. The molecule has 0 bridgehead atoms. The molecule has 0 aliphatic heterocycles. The van der Waals surface area contributed by atoms with Gasteiger partial charge in [0.1, 0.15) is 0 Å². The number of aryl methyl sites for hydroxylation is 2. The van der Waals surface area contributed by atoms with Gasteiger partial charge in [0.25, 0.3) is 0 Å². The van der Waals surface area contributed by atoms with Crippen LogP contribution in [0.4, 0.5) is 0 Å². The highest BCUT2D eigenvalue weighted by Crippen LogP contribution is 2.02. The van der Waals surface area contributed by atoms with E-state index in [1.165, 1.54) is 0 Å². The van der Waals surface area contributed by atoms with E-state index in [0.717, 1.165) is 24.2 Å². The van der Waals surface area contributed by atoms with Gasteiger partial charge >= 0.3 is 5.97 Å². The van der Waals surface area contributed by atoms with Crippen molar-refractivity contribution in [1.82, 2.24) is 9.97 Å². The molecule has 0 unspecified atom stereocenters. The predicted octanol–water partition coefficient (Wildman–Crippen LogP) is 2.59. The van der Waals surface area contributed by atoms with E-state index >= 15 is 0 Å². The molecule has 2 aromatic heterocycles. The van der Waals surface area contributed by atoms with Crippen LogP contribution in [0, 0.1) is 0 Å². The average molecular weight is 270 g/mol. The van der Waals surface area contributed by atoms with E-state index in [-0.39, 0.29) is 5.97 Å². The maximum absolute atomic E-state index is 11.6. The van der Waals surface area contributed by atoms with Crippen LogP contribution in [0.2, 0.25) is 0 Å². The molecule has 0 atom stereocenters. The van der Waals surface area contributed by atoms with Crippen molar-refractivity contribution in [2.75, 3.05) is 6.61 Å². The Morgan fingerprint density at radius 1 is 0.950 bits per heavy atom. The van der Waals surface area contributed by atoms with Crippen molar-refractivity contribution in [2.24, 2.45) is 0 Å². The number of carbonyl (C=O) groups is 1. The van der Waals surface area contributed by atoms with Crippen LogP contribution >= 0.6 is 0 Å². The second-order valence-electron chi connectivity index (χ2n) is 4.47. The van der Waals surface area contributed by atoms with Gasteiger partial charge in [0.05, 0.1) is 13.0 Å². The topological polar surface area (TPSA) is 52.1 Å². The van der Waals surface area contributed by atoms with E-state index in [9.17, 15) is 4.79 Å². The van der Waals surface area contributed by atoms with Crippen LogP contribution in [0.5, 0.6) is 0 Å². The SMILES string of the molecule is O=C(CCc1ccccn1)OCCCc1ccccn1. The van der Waals surface area contributed by atoms with E-state index in [4.69, 9.17) is 4.74 Å². The summed E-state index contributed by atoms with van der Waals surface area (Å²) in [7, 11) is 0. The van der Waals surface area contributed by atoms with Crippen LogP contribution < -0.4 is 0 Å². The second-order valence-corrected chi connectivity index (χ2v) is 4.47. The minimum absolute atomic E-state index is 0.170. The fourth-order valence-electron chi connectivity index (χ4n) is 1.83. The fourth-order valence-corrected chi connectivity index (χ4v) is 1.83. The third-order valence-electron chi connectivity index (χ3n) is 2.88. The Bertz CT molecular complexity index is 515. The molecule has 2 aromatic rings. The maximum atomic E-state index is 11.6. The third-order valence-corrected chi connectivity index (χ3v) is 2.88. The zero-order chi connectivity index (χ0) is 14.0. The maximum Gasteiger partial charge on any atom is 0.306 e. The van der Waals surface area contributed by atoms with E-state index in [1.54, 1.807) is 12.4 Å². The number of esters is 1. The molecule has 0 aromatic carbocycles. The zero-order valence-corrected chi connectivity index (χ0v) is 11.4. The number of pyridine rings is 2. The Morgan fingerprint density at radius 3 is 2.20 bits per heavy atom. The Labute approximate surface area is 118 Å². The monoisotopic (exact) mass is 270 g/mol. The summed E-state index contributed by atoms with van der Waals surface area (Å²) in [6.45, 7) is 0.442. The highest BCUT2D eigenvalue weighted by atomic mass is 16.5. The van der Waals surface area contributed by atoms with Crippen LogP contribution in [0.3, 0.4) is 0 Å². The smallest absolute Gasteiger partial charge is 0.306 e. The molecule has 0 aliphatic rings. The van der Waals surface area contributed by atoms with Crippen LogP contribution in [0.1, 0.15) is 24.2 Å². The molecular formula is C16H18N2O2. The molecule has 2 rings (SSSR count). The van der Waals surface area contributed by atoms with E-state index in [1.807, 2.05) is 36.4 Å². The summed E-state index contributed by atoms with van der Waals surface area (Å²) in [6.07, 6.45) is 6.13. The van der Waals surface area contributed by atoms with Gasteiger partial charge in [-0.05, 0) is 37.1 Å². The van der Waals surface area contributed by atoms with Crippen molar-refractivity contribution in [1.29, 1.82) is 0 Å². The molecule has 0 spiro atoms. The number of hydrogen-bond acceptors (Lipinski definition) is 4. The number of rotatable bonds is 7. The van der Waals surface area contributed by atoms with Crippen LogP contribution in [-0.4, -0.2) is 22.5 Å². The highest BCUT2D eigenvalue weighted by molar-refractivity contribution is 5.69. The largest absolute Gasteiger partial charge is 0.466 e. The van der Waals surface area contributed by atoms with Gasteiger partial charge in [0, 0.05) is 30.2 Å². The molecule has 0 saturated carbocycles. The quantitative estimate of drug-likeness (QED) is 0.573. The van der Waals surface area contributed by atoms with Crippen molar-refractivity contribution in [3.05, 3.63) is 60.2 Å². The predicted molar refractivity (Wildman–Crippen MR) is 76.1 cm³/mol. The molecule has 4 heteroatoms. The van der Waals surface area contributed by atoms with Crippen molar-refractivity contribution in [3.63, 3.8) is 0 Å². The van der Waals surface area contributed by atoms with Gasteiger partial charge in [-0.25, -0.2) is 0 Å². The Balaban J connectivity index is 1.59. The summed E-state index contributed by atoms with van der Waals surface area (Å²) < 4.78 is 5.19. The van der Waals surface area contributed by atoms with E-state index in [2.05, 4.69) is 9.97 Å². The number of aromatic nitrogens is 2. The first-order chi connectivity index (χ1) is 9.84. The van der Waals surface area contributed by atoms with Gasteiger partial charge in [-0.3, -0.25) is 14.8 Å². The summed E-state index contributed by atoms with van der Waals surface area (Å²) in [6, 6.07) is 11.5. The lowest BCUT2D eigenvalue weighted by Gasteiger charge is -2.04. The van der Waals surface area contributed by atoms with Crippen LogP contribution in [0.15, 0.2) is 48.8 Å². The van der Waals surface area contributed by atoms with Crippen molar-refractivity contribution >= 4 is 5.97 Å². The molecule has 0 N–H and O–H groups in total. The second kappa shape index (κ2) is 8.04. The van der Waals surface area contributed by atoms with Gasteiger partial charge in [0.2, 0.25) is 0 Å². The summed E-state index contributed by atoms with van der Waals surface area (Å²) in [5.74, 6) is -0.170. The van der Waals surface area contributed by atoms with Gasteiger partial charge in [-0.15, -0.1) is 0 Å². The van der Waals surface area contributed by atoms with E-state index in [0.29, 0.717) is 19.4 Å². The van der Waals surface area contributed by atoms with Gasteiger partial charge in [-0.1, -0.05) is 12.1 Å². The molecule has 104 valence electrons. The van der Waals surface area contributed by atoms with Crippen LogP contribution in [-0.2, 0) is 22.4 Å². The molecule has 0 radical (unpaired) electrons. The standard InChI is InChI=1S/C16H18N2O2/c19-16(10-9-15-7-2-4-12-18-15)20-13-5-8-14-6-1-3-11-17-14/h1-4,6-7,11-12H,5,8-10,13H2. The molecule has 4 nitrogen and oxygen atoms in total. The van der Waals surface area contributed by atoms with Gasteiger partial charge in [0.15, 0.2) is 0 Å². The highest BCUT2D eigenvalue weighted by Gasteiger charge is 2.04. The van der Waals surface area contributed by atoms with Crippen LogP contribution in [0.25, 0.3) is 0 Å². The Hall–Kier alpha value is -2.23. The molecule has 0 saturated heterocycles. The van der Waals surface area contributed by atoms with Crippen molar-refractivity contribution in [2.45, 2.75) is 25.7 Å². The van der Waals surface area contributed by atoms with Gasteiger partial charge < -0.3 is 4.74 Å². The van der Waals surface area contributed by atoms with Crippen molar-refractivity contribution in [3.8, 4) is 0 Å².